The molecule has 1 heterocycles. The molecule has 1 aromatic heterocycles. The van der Waals surface area contributed by atoms with Gasteiger partial charge in [0, 0.05) is 25.5 Å². The van der Waals surface area contributed by atoms with E-state index in [1.165, 1.54) is 24.3 Å². The van der Waals surface area contributed by atoms with Gasteiger partial charge in [0.2, 0.25) is 21.9 Å². The second kappa shape index (κ2) is 8.78. The maximum atomic E-state index is 11.4. The van der Waals surface area contributed by atoms with Crippen molar-refractivity contribution in [2.75, 3.05) is 30.0 Å². The standard InChI is InChI=1S/C20H20N8O2S/c1-28(2)16-7-3-13(4-8-16)11-14(12-21)18-25-19(22)27-20(26-18)24-15-5-9-17(10-6-15)31(23,29)30/h3-11H,1-2H3,(H2,23,29,30)(H3,22,24,25,26,27)/b14-11+. The molecule has 0 saturated carbocycles. The van der Waals surface area contributed by atoms with Crippen LogP contribution in [0.1, 0.15) is 11.4 Å². The third kappa shape index (κ3) is 5.53. The molecule has 0 fully saturated rings. The summed E-state index contributed by atoms with van der Waals surface area (Å²) in [5.41, 5.74) is 8.33. The largest absolute Gasteiger partial charge is 0.378 e. The molecular formula is C20H20N8O2S. The van der Waals surface area contributed by atoms with Crippen molar-refractivity contribution in [3.63, 3.8) is 0 Å². The van der Waals surface area contributed by atoms with E-state index in [-0.39, 0.29) is 28.2 Å². The number of rotatable bonds is 6. The van der Waals surface area contributed by atoms with Crippen LogP contribution in [-0.4, -0.2) is 37.5 Å². The lowest BCUT2D eigenvalue weighted by Gasteiger charge is -2.12. The number of hydrogen-bond donors (Lipinski definition) is 3. The fourth-order valence-corrected chi connectivity index (χ4v) is 3.12. The molecule has 0 aliphatic heterocycles. The molecule has 5 N–H and O–H groups in total. The molecule has 10 nitrogen and oxygen atoms in total. The van der Waals surface area contributed by atoms with Gasteiger partial charge in [0.05, 0.1) is 10.5 Å². The first-order chi connectivity index (χ1) is 14.7. The summed E-state index contributed by atoms with van der Waals surface area (Å²) in [6.45, 7) is 0. The SMILES string of the molecule is CN(C)c1ccc(/C=C(\C#N)c2nc(N)nc(Nc3ccc(S(N)(=O)=O)cc3)n2)cc1. The molecule has 0 amide bonds. The summed E-state index contributed by atoms with van der Waals surface area (Å²) in [7, 11) is 0.0882. The zero-order valence-electron chi connectivity index (χ0n) is 16.8. The molecule has 0 spiro atoms. The predicted molar refractivity (Wildman–Crippen MR) is 120 cm³/mol. The lowest BCUT2D eigenvalue weighted by atomic mass is 10.1. The molecule has 0 aliphatic carbocycles. The molecule has 0 saturated heterocycles. The number of benzene rings is 2. The fraction of sp³-hybridized carbons (Fsp3) is 0.100. The van der Waals surface area contributed by atoms with Crippen molar-refractivity contribution in [2.45, 2.75) is 4.90 Å². The highest BCUT2D eigenvalue weighted by atomic mass is 32.2. The quantitative estimate of drug-likeness (QED) is 0.490. The van der Waals surface area contributed by atoms with Gasteiger partial charge < -0.3 is 16.0 Å². The summed E-state index contributed by atoms with van der Waals surface area (Å²) < 4.78 is 22.7. The van der Waals surface area contributed by atoms with Crippen molar-refractivity contribution in [1.82, 2.24) is 15.0 Å². The van der Waals surface area contributed by atoms with Crippen molar-refractivity contribution in [2.24, 2.45) is 5.14 Å². The van der Waals surface area contributed by atoms with Crippen LogP contribution in [0.4, 0.5) is 23.3 Å². The van der Waals surface area contributed by atoms with E-state index < -0.39 is 10.0 Å². The van der Waals surface area contributed by atoms with E-state index in [9.17, 15) is 13.7 Å². The lowest BCUT2D eigenvalue weighted by molar-refractivity contribution is 0.598. The highest BCUT2D eigenvalue weighted by molar-refractivity contribution is 7.89. The Morgan fingerprint density at radius 1 is 1.06 bits per heavy atom. The zero-order chi connectivity index (χ0) is 22.6. The van der Waals surface area contributed by atoms with Gasteiger partial charge in [-0.2, -0.15) is 20.2 Å². The van der Waals surface area contributed by atoms with Crippen LogP contribution in [0.3, 0.4) is 0 Å². The van der Waals surface area contributed by atoms with Crippen LogP contribution in [0.25, 0.3) is 11.6 Å². The number of nitrogens with zero attached hydrogens (tertiary/aromatic N) is 5. The summed E-state index contributed by atoms with van der Waals surface area (Å²) in [5.74, 6) is 0.142. The molecular weight excluding hydrogens is 416 g/mol. The second-order valence-electron chi connectivity index (χ2n) is 6.69. The van der Waals surface area contributed by atoms with Crippen LogP contribution in [0, 0.1) is 11.3 Å². The van der Waals surface area contributed by atoms with E-state index in [1.807, 2.05) is 43.3 Å². The van der Waals surface area contributed by atoms with Gasteiger partial charge >= 0.3 is 0 Å². The minimum Gasteiger partial charge on any atom is -0.378 e. The first-order valence-electron chi connectivity index (χ1n) is 8.97. The van der Waals surface area contributed by atoms with Crippen LogP contribution in [0.2, 0.25) is 0 Å². The van der Waals surface area contributed by atoms with Crippen LogP contribution in [0.5, 0.6) is 0 Å². The number of sulfonamides is 1. The van der Waals surface area contributed by atoms with Crippen molar-refractivity contribution in [3.8, 4) is 6.07 Å². The van der Waals surface area contributed by atoms with Crippen molar-refractivity contribution in [3.05, 3.63) is 59.9 Å². The highest BCUT2D eigenvalue weighted by Gasteiger charge is 2.11. The summed E-state index contributed by atoms with van der Waals surface area (Å²) >= 11 is 0. The molecule has 3 aromatic rings. The Hall–Kier alpha value is -4.01. The monoisotopic (exact) mass is 436 g/mol. The maximum Gasteiger partial charge on any atom is 0.238 e. The predicted octanol–water partition coefficient (Wildman–Crippen LogP) is 1.97. The van der Waals surface area contributed by atoms with Gasteiger partial charge in [-0.05, 0) is 48.0 Å². The number of nitrogens with two attached hydrogens (primary N) is 2. The summed E-state index contributed by atoms with van der Waals surface area (Å²) in [6.07, 6.45) is 1.65. The van der Waals surface area contributed by atoms with Gasteiger partial charge in [0.25, 0.3) is 0 Å². The van der Waals surface area contributed by atoms with Crippen LogP contribution < -0.4 is 21.1 Å². The van der Waals surface area contributed by atoms with Crippen LogP contribution in [0.15, 0.2) is 53.4 Å². The first-order valence-corrected chi connectivity index (χ1v) is 10.5. The molecule has 0 radical (unpaired) electrons. The summed E-state index contributed by atoms with van der Waals surface area (Å²) in [6, 6.07) is 15.4. The molecule has 0 unspecified atom stereocenters. The Balaban J connectivity index is 1.89. The van der Waals surface area contributed by atoms with Crippen molar-refractivity contribution in [1.29, 1.82) is 5.26 Å². The van der Waals surface area contributed by atoms with Crippen LogP contribution in [-0.2, 0) is 10.0 Å². The molecule has 3 rings (SSSR count). The number of allylic oxidation sites excluding steroid dienone is 1. The first kappa shape index (κ1) is 21.7. The molecule has 158 valence electrons. The fourth-order valence-electron chi connectivity index (χ4n) is 2.61. The zero-order valence-corrected chi connectivity index (χ0v) is 17.6. The topological polar surface area (TPSA) is 164 Å². The minimum atomic E-state index is -3.79. The third-order valence-corrected chi connectivity index (χ3v) is 5.10. The third-order valence-electron chi connectivity index (χ3n) is 4.17. The number of aromatic nitrogens is 3. The highest BCUT2D eigenvalue weighted by Crippen LogP contribution is 2.21. The average Bonchev–Trinajstić information content (AvgIpc) is 2.71. The van der Waals surface area contributed by atoms with Gasteiger partial charge in [0.15, 0.2) is 5.82 Å². The summed E-state index contributed by atoms with van der Waals surface area (Å²) in [4.78, 5) is 14.3. The molecule has 0 atom stereocenters. The van der Waals surface area contributed by atoms with Crippen LogP contribution >= 0.6 is 0 Å². The molecule has 0 aliphatic rings. The Labute approximate surface area is 179 Å². The van der Waals surface area contributed by atoms with E-state index in [0.29, 0.717) is 5.69 Å². The number of anilines is 4. The lowest BCUT2D eigenvalue weighted by Crippen LogP contribution is -2.12. The smallest absolute Gasteiger partial charge is 0.238 e. The second-order valence-corrected chi connectivity index (χ2v) is 8.25. The van der Waals surface area contributed by atoms with Gasteiger partial charge in [-0.25, -0.2) is 13.6 Å². The van der Waals surface area contributed by atoms with Gasteiger partial charge in [-0.15, -0.1) is 0 Å². The Kier molecular flexibility index (Phi) is 6.15. The van der Waals surface area contributed by atoms with Gasteiger partial charge in [0.1, 0.15) is 6.07 Å². The average molecular weight is 437 g/mol. The van der Waals surface area contributed by atoms with Crippen molar-refractivity contribution < 1.29 is 8.42 Å². The van der Waals surface area contributed by atoms with E-state index in [1.54, 1.807) is 6.08 Å². The molecule has 31 heavy (non-hydrogen) atoms. The number of nitrogen functional groups attached to an aromatic ring is 1. The van der Waals surface area contributed by atoms with Gasteiger partial charge in [-0.1, -0.05) is 12.1 Å². The Bertz CT molecular complexity index is 1260. The van der Waals surface area contributed by atoms with E-state index in [0.717, 1.165) is 11.3 Å². The number of hydrogen-bond acceptors (Lipinski definition) is 9. The number of nitriles is 1. The molecule has 11 heteroatoms. The normalized spacial score (nSPS) is 11.6. The van der Waals surface area contributed by atoms with E-state index in [2.05, 4.69) is 26.3 Å². The molecule has 2 aromatic carbocycles. The van der Waals surface area contributed by atoms with Gasteiger partial charge in [-0.3, -0.25) is 0 Å². The Morgan fingerprint density at radius 3 is 2.26 bits per heavy atom. The minimum absolute atomic E-state index is 0.0242. The number of primary sulfonamides is 1. The van der Waals surface area contributed by atoms with E-state index >= 15 is 0 Å². The maximum absolute atomic E-state index is 11.4. The number of nitrogens with one attached hydrogen (secondary N) is 1. The van der Waals surface area contributed by atoms with E-state index in [4.69, 9.17) is 10.9 Å². The Morgan fingerprint density at radius 2 is 1.71 bits per heavy atom. The summed E-state index contributed by atoms with van der Waals surface area (Å²) in [5, 5.41) is 17.6. The molecule has 0 bridgehead atoms. The van der Waals surface area contributed by atoms with Crippen molar-refractivity contribution >= 4 is 44.9 Å².